The first-order chi connectivity index (χ1) is 19.7. The number of carbonyl (C=O) groups is 2. The fourth-order valence-corrected chi connectivity index (χ4v) is 6.17. The topological polar surface area (TPSA) is 101 Å². The number of nitrogens with zero attached hydrogens (tertiary/aromatic N) is 1. The molecule has 8 heteroatoms. The molecular weight excluding hydrogens is 548 g/mol. The van der Waals surface area contributed by atoms with Crippen LogP contribution in [0.2, 0.25) is 0 Å². The fraction of sp³-hybridized carbons (Fsp3) is 0.382. The predicted molar refractivity (Wildman–Crippen MR) is 168 cm³/mol. The molecule has 0 radical (unpaired) electrons. The van der Waals surface area contributed by atoms with Crippen LogP contribution >= 0.6 is 11.3 Å². The molecule has 1 unspecified atom stereocenters. The van der Waals surface area contributed by atoms with Gasteiger partial charge < -0.3 is 15.2 Å². The maximum Gasteiger partial charge on any atom is 0.338 e. The minimum Gasteiger partial charge on any atom is -0.463 e. The number of carbonyl (C=O) groups excluding carboxylic acids is 2. The molecule has 222 valence electrons. The summed E-state index contributed by atoms with van der Waals surface area (Å²) < 4.78 is 12.9. The van der Waals surface area contributed by atoms with Crippen LogP contribution < -0.4 is 20.5 Å². The van der Waals surface area contributed by atoms with Crippen molar-refractivity contribution >= 4 is 40.7 Å². The number of rotatable bonds is 6. The first-order valence-electron chi connectivity index (χ1n) is 14.2. The Balaban J connectivity index is 2.04. The molecule has 1 atom stereocenters. The van der Waals surface area contributed by atoms with E-state index >= 15 is 0 Å². The van der Waals surface area contributed by atoms with Gasteiger partial charge in [0.1, 0.15) is 10.5 Å². The van der Waals surface area contributed by atoms with Crippen molar-refractivity contribution in [2.45, 2.75) is 72.1 Å². The summed E-state index contributed by atoms with van der Waals surface area (Å²) in [6, 6.07) is 15.7. The van der Waals surface area contributed by atoms with Crippen LogP contribution in [0.4, 0.5) is 0 Å². The minimum absolute atomic E-state index is 0.00750. The molecule has 42 heavy (non-hydrogen) atoms. The van der Waals surface area contributed by atoms with Crippen molar-refractivity contribution in [2.24, 2.45) is 5.73 Å². The van der Waals surface area contributed by atoms with Crippen LogP contribution in [0.25, 0.3) is 17.5 Å². The van der Waals surface area contributed by atoms with Gasteiger partial charge in [-0.3, -0.25) is 9.36 Å². The molecule has 0 fully saturated rings. The lowest BCUT2D eigenvalue weighted by molar-refractivity contribution is -0.138. The van der Waals surface area contributed by atoms with E-state index < -0.39 is 23.4 Å². The third-order valence-corrected chi connectivity index (χ3v) is 8.43. The van der Waals surface area contributed by atoms with Crippen LogP contribution in [0.3, 0.4) is 0 Å². The van der Waals surface area contributed by atoms with Crippen LogP contribution in [0.5, 0.6) is 0 Å². The Kier molecular flexibility index (Phi) is 8.69. The number of aromatic nitrogens is 1. The summed E-state index contributed by atoms with van der Waals surface area (Å²) in [4.78, 5) is 40.9. The summed E-state index contributed by atoms with van der Waals surface area (Å²) in [7, 11) is 0. The van der Waals surface area contributed by atoms with Gasteiger partial charge in [0.25, 0.3) is 5.56 Å². The van der Waals surface area contributed by atoms with Gasteiger partial charge in [-0.25, -0.2) is 9.59 Å². The normalized spacial score (nSPS) is 16.0. The number of nitrogens with two attached hydrogens (primary N) is 1. The van der Waals surface area contributed by atoms with E-state index in [1.165, 1.54) is 10.1 Å². The Hall–Kier alpha value is -3.91. The summed E-state index contributed by atoms with van der Waals surface area (Å²) in [5.74, 6) is -2.24. The minimum atomic E-state index is -0.880. The van der Waals surface area contributed by atoms with Crippen LogP contribution in [-0.4, -0.2) is 29.7 Å². The Morgan fingerprint density at radius 3 is 1.79 bits per heavy atom. The molecule has 4 rings (SSSR count). The molecule has 0 aliphatic carbocycles. The van der Waals surface area contributed by atoms with Gasteiger partial charge in [-0.1, -0.05) is 90.1 Å². The zero-order chi connectivity index (χ0) is 31.0. The van der Waals surface area contributed by atoms with Crippen molar-refractivity contribution in [2.75, 3.05) is 13.2 Å². The number of thiazole rings is 1. The van der Waals surface area contributed by atoms with Crippen molar-refractivity contribution in [1.82, 2.24) is 4.57 Å². The van der Waals surface area contributed by atoms with Crippen molar-refractivity contribution in [3.05, 3.63) is 95.9 Å². The van der Waals surface area contributed by atoms with Crippen molar-refractivity contribution in [1.29, 1.82) is 0 Å². The molecule has 0 saturated carbocycles. The second kappa shape index (κ2) is 11.8. The predicted octanol–water partition coefficient (Wildman–Crippen LogP) is 4.54. The highest BCUT2D eigenvalue weighted by atomic mass is 32.1. The van der Waals surface area contributed by atoms with Crippen molar-refractivity contribution in [3.63, 3.8) is 0 Å². The van der Waals surface area contributed by atoms with Gasteiger partial charge in [-0.05, 0) is 53.0 Å². The van der Waals surface area contributed by atoms with Crippen molar-refractivity contribution in [3.8, 4) is 0 Å². The second-order valence-electron chi connectivity index (χ2n) is 12.4. The lowest BCUT2D eigenvalue weighted by Crippen LogP contribution is -2.42. The van der Waals surface area contributed by atoms with E-state index in [-0.39, 0.29) is 41.0 Å². The second-order valence-corrected chi connectivity index (χ2v) is 13.4. The molecule has 2 heterocycles. The lowest BCUT2D eigenvalue weighted by atomic mass is 9.81. The Morgan fingerprint density at radius 1 is 0.833 bits per heavy atom. The summed E-state index contributed by atoms with van der Waals surface area (Å²) in [5, 5.41) is 0. The molecule has 2 aromatic carbocycles. The maximum absolute atomic E-state index is 13.8. The molecule has 0 saturated heterocycles. The number of ether oxygens (including phenoxy) is 2. The van der Waals surface area contributed by atoms with E-state index in [0.717, 1.165) is 22.5 Å². The van der Waals surface area contributed by atoms with Gasteiger partial charge in [0.15, 0.2) is 0 Å². The molecule has 1 aromatic heterocycles. The van der Waals surface area contributed by atoms with Gasteiger partial charge in [0.05, 0.1) is 34.8 Å². The zero-order valence-electron chi connectivity index (χ0n) is 25.7. The quantitative estimate of drug-likeness (QED) is 0.425. The number of esters is 2. The van der Waals surface area contributed by atoms with Gasteiger partial charge in [0.2, 0.25) is 0 Å². The first kappa shape index (κ1) is 31.0. The molecule has 0 bridgehead atoms. The highest BCUT2D eigenvalue weighted by molar-refractivity contribution is 7.07. The van der Waals surface area contributed by atoms with Crippen LogP contribution in [0, 0.1) is 0 Å². The molecule has 7 nitrogen and oxygen atoms in total. The molecule has 3 aromatic rings. The van der Waals surface area contributed by atoms with Crippen molar-refractivity contribution < 1.29 is 19.1 Å². The summed E-state index contributed by atoms with van der Waals surface area (Å²) >= 11 is 1.16. The monoisotopic (exact) mass is 588 g/mol. The molecule has 1 aliphatic heterocycles. The van der Waals surface area contributed by atoms with Crippen LogP contribution in [-0.2, 0) is 29.9 Å². The SMILES string of the molecule is CCOC(=O)C1=C(N)n2c(s/c(=C/c3ccc(C(C)(C)C)cc3)c2=O)=C(C(=O)OCC)C1c1ccc(C(C)(C)C)cc1. The molecule has 0 amide bonds. The largest absolute Gasteiger partial charge is 0.463 e. The average Bonchev–Trinajstić information content (AvgIpc) is 3.23. The highest BCUT2D eigenvalue weighted by Gasteiger charge is 2.40. The Morgan fingerprint density at radius 2 is 1.31 bits per heavy atom. The van der Waals surface area contributed by atoms with Gasteiger partial charge in [-0.2, -0.15) is 0 Å². The number of fused-ring (bicyclic) bond motifs is 1. The number of hydrogen-bond donors (Lipinski definition) is 1. The van der Waals surface area contributed by atoms with E-state index in [1.54, 1.807) is 19.9 Å². The smallest absolute Gasteiger partial charge is 0.338 e. The molecule has 2 N–H and O–H groups in total. The maximum atomic E-state index is 13.8. The van der Waals surface area contributed by atoms with Gasteiger partial charge >= 0.3 is 11.9 Å². The lowest BCUT2D eigenvalue weighted by Gasteiger charge is -2.27. The number of benzene rings is 2. The summed E-state index contributed by atoms with van der Waals surface area (Å²) in [6.07, 6.45) is 1.78. The Bertz CT molecular complexity index is 1710. The Labute approximate surface area is 251 Å². The highest BCUT2D eigenvalue weighted by Crippen LogP contribution is 2.38. The third-order valence-electron chi connectivity index (χ3n) is 7.32. The van der Waals surface area contributed by atoms with E-state index in [1.807, 2.05) is 48.5 Å². The van der Waals surface area contributed by atoms with E-state index in [9.17, 15) is 14.4 Å². The summed E-state index contributed by atoms with van der Waals surface area (Å²) in [5.41, 5.74) is 10.1. The van der Waals surface area contributed by atoms with Gasteiger partial charge in [0, 0.05) is 0 Å². The zero-order valence-corrected chi connectivity index (χ0v) is 26.5. The molecule has 1 aliphatic rings. The molecule has 0 spiro atoms. The fourth-order valence-electron chi connectivity index (χ4n) is 5.00. The van der Waals surface area contributed by atoms with E-state index in [0.29, 0.717) is 14.8 Å². The first-order valence-corrected chi connectivity index (χ1v) is 15.0. The van der Waals surface area contributed by atoms with E-state index in [2.05, 4.69) is 41.5 Å². The number of hydrogen-bond acceptors (Lipinski definition) is 7. The van der Waals surface area contributed by atoms with Crippen LogP contribution in [0.1, 0.15) is 83.6 Å². The molecular formula is C34H40N2O5S. The van der Waals surface area contributed by atoms with Crippen LogP contribution in [0.15, 0.2) is 58.9 Å². The average molecular weight is 589 g/mol. The third kappa shape index (κ3) is 6.00. The standard InChI is InChI=1S/C34H40N2O5S/c1-9-40-31(38)26-25(21-13-17-23(18-14-21)34(6,7)8)27(32(39)41-10-2)30-36(28(26)35)29(37)24(42-30)19-20-11-15-22(16-12-20)33(3,4)5/h11-19,25H,9-10,35H2,1-8H3/b24-19+. The van der Waals surface area contributed by atoms with Gasteiger partial charge in [-0.15, -0.1) is 11.3 Å². The summed E-state index contributed by atoms with van der Waals surface area (Å²) in [6.45, 7) is 16.4. The van der Waals surface area contributed by atoms with E-state index in [4.69, 9.17) is 15.2 Å².